The molecule has 20 heavy (non-hydrogen) atoms. The van der Waals surface area contributed by atoms with Crippen LogP contribution in [0.2, 0.25) is 0 Å². The van der Waals surface area contributed by atoms with Gasteiger partial charge in [0.05, 0.1) is 0 Å². The van der Waals surface area contributed by atoms with Gasteiger partial charge in [0.25, 0.3) is 5.91 Å². The molecular weight excluding hydrogens is 254 g/mol. The molecule has 0 aromatic heterocycles. The van der Waals surface area contributed by atoms with E-state index in [1.54, 1.807) is 6.92 Å². The first-order chi connectivity index (χ1) is 9.70. The van der Waals surface area contributed by atoms with E-state index < -0.39 is 6.10 Å². The van der Waals surface area contributed by atoms with Crippen LogP contribution in [0, 0.1) is 11.8 Å². The fraction of sp³-hybridized carbons (Fsp3) is 0.562. The third kappa shape index (κ3) is 3.97. The van der Waals surface area contributed by atoms with E-state index in [9.17, 15) is 9.90 Å². The van der Waals surface area contributed by atoms with Crippen LogP contribution in [-0.2, 0) is 4.79 Å². The maximum atomic E-state index is 12.0. The topological polar surface area (TPSA) is 58.6 Å². The number of rotatable bonds is 6. The van der Waals surface area contributed by atoms with Crippen molar-refractivity contribution < 1.29 is 14.6 Å². The van der Waals surface area contributed by atoms with E-state index in [0.29, 0.717) is 24.1 Å². The van der Waals surface area contributed by atoms with E-state index in [2.05, 4.69) is 5.32 Å². The van der Waals surface area contributed by atoms with Gasteiger partial charge in [-0.3, -0.25) is 4.79 Å². The Labute approximate surface area is 120 Å². The molecule has 1 aromatic rings. The summed E-state index contributed by atoms with van der Waals surface area (Å²) in [6.07, 6.45) is 2.78. The third-order valence-corrected chi connectivity index (χ3v) is 4.01. The molecule has 1 amide bonds. The van der Waals surface area contributed by atoms with Gasteiger partial charge in [0.15, 0.2) is 6.10 Å². The third-order valence-electron chi connectivity index (χ3n) is 4.01. The number of carbonyl (C=O) groups is 1. The van der Waals surface area contributed by atoms with Crippen LogP contribution in [-0.4, -0.2) is 30.3 Å². The summed E-state index contributed by atoms with van der Waals surface area (Å²) in [5.41, 5.74) is 0. The highest BCUT2D eigenvalue weighted by atomic mass is 16.5. The van der Waals surface area contributed by atoms with Crippen LogP contribution in [0.1, 0.15) is 26.2 Å². The maximum Gasteiger partial charge on any atom is 0.260 e. The van der Waals surface area contributed by atoms with Crippen LogP contribution >= 0.6 is 0 Å². The van der Waals surface area contributed by atoms with E-state index in [4.69, 9.17) is 4.74 Å². The Morgan fingerprint density at radius 1 is 1.35 bits per heavy atom. The summed E-state index contributed by atoms with van der Waals surface area (Å²) in [5, 5.41) is 12.2. The largest absolute Gasteiger partial charge is 0.481 e. The molecule has 0 bridgehead atoms. The second-order valence-corrected chi connectivity index (χ2v) is 5.45. The zero-order chi connectivity index (χ0) is 14.4. The number of amides is 1. The van der Waals surface area contributed by atoms with Gasteiger partial charge in [-0.1, -0.05) is 24.6 Å². The first-order valence-corrected chi connectivity index (χ1v) is 7.31. The lowest BCUT2D eigenvalue weighted by atomic mass is 9.97. The Kier molecular flexibility index (Phi) is 5.41. The van der Waals surface area contributed by atoms with Crippen molar-refractivity contribution in [1.29, 1.82) is 0 Å². The number of aliphatic hydroxyl groups excluding tert-OH is 1. The number of carbonyl (C=O) groups excluding carboxylic acids is 1. The van der Waals surface area contributed by atoms with Gasteiger partial charge in [-0.15, -0.1) is 0 Å². The van der Waals surface area contributed by atoms with Gasteiger partial charge in [-0.2, -0.15) is 0 Å². The van der Waals surface area contributed by atoms with Gasteiger partial charge in [0.2, 0.25) is 0 Å². The number of ether oxygens (including phenoxy) is 1. The Hall–Kier alpha value is -1.55. The molecule has 1 fully saturated rings. The second kappa shape index (κ2) is 7.29. The molecule has 3 atom stereocenters. The van der Waals surface area contributed by atoms with Crippen LogP contribution in [0.3, 0.4) is 0 Å². The van der Waals surface area contributed by atoms with Crippen molar-refractivity contribution in [2.75, 3.05) is 13.2 Å². The minimum Gasteiger partial charge on any atom is -0.481 e. The molecule has 3 unspecified atom stereocenters. The van der Waals surface area contributed by atoms with Crippen molar-refractivity contribution >= 4 is 5.91 Å². The predicted molar refractivity (Wildman–Crippen MR) is 77.5 cm³/mol. The summed E-state index contributed by atoms with van der Waals surface area (Å²) >= 11 is 0. The zero-order valence-corrected chi connectivity index (χ0v) is 11.9. The molecule has 1 aliphatic carbocycles. The first kappa shape index (κ1) is 14.9. The van der Waals surface area contributed by atoms with Gasteiger partial charge in [0, 0.05) is 13.2 Å². The van der Waals surface area contributed by atoms with Gasteiger partial charge in [-0.05, 0) is 43.7 Å². The van der Waals surface area contributed by atoms with Crippen molar-refractivity contribution in [1.82, 2.24) is 5.32 Å². The normalized spacial score (nSPS) is 23.3. The molecule has 0 aliphatic heterocycles. The molecule has 2 N–H and O–H groups in total. The van der Waals surface area contributed by atoms with E-state index in [1.165, 1.54) is 0 Å². The molecule has 2 rings (SSSR count). The number of nitrogens with one attached hydrogen (secondary N) is 1. The molecule has 0 heterocycles. The second-order valence-electron chi connectivity index (χ2n) is 5.45. The average Bonchev–Trinajstić information content (AvgIpc) is 2.93. The first-order valence-electron chi connectivity index (χ1n) is 7.31. The summed E-state index contributed by atoms with van der Waals surface area (Å²) < 4.78 is 5.58. The predicted octanol–water partition coefficient (Wildman–Crippen LogP) is 1.98. The van der Waals surface area contributed by atoms with E-state index >= 15 is 0 Å². The Balaban J connectivity index is 1.77. The Bertz CT molecular complexity index is 421. The molecule has 0 spiro atoms. The summed E-state index contributed by atoms with van der Waals surface area (Å²) in [4.78, 5) is 12.0. The molecule has 110 valence electrons. The van der Waals surface area contributed by atoms with Crippen LogP contribution in [0.25, 0.3) is 0 Å². The fourth-order valence-electron chi connectivity index (χ4n) is 2.75. The monoisotopic (exact) mass is 277 g/mol. The Morgan fingerprint density at radius 3 is 2.75 bits per heavy atom. The van der Waals surface area contributed by atoms with Crippen LogP contribution in [0.5, 0.6) is 5.75 Å². The van der Waals surface area contributed by atoms with E-state index in [0.717, 1.165) is 19.3 Å². The number of benzene rings is 1. The molecule has 1 saturated carbocycles. The van der Waals surface area contributed by atoms with Crippen molar-refractivity contribution in [3.8, 4) is 5.75 Å². The van der Waals surface area contributed by atoms with Crippen molar-refractivity contribution in [3.05, 3.63) is 30.3 Å². The maximum absolute atomic E-state index is 12.0. The van der Waals surface area contributed by atoms with Gasteiger partial charge >= 0.3 is 0 Å². The summed E-state index contributed by atoms with van der Waals surface area (Å²) in [6.45, 7) is 2.60. The van der Waals surface area contributed by atoms with Crippen LogP contribution < -0.4 is 10.1 Å². The lowest BCUT2D eigenvalue weighted by Gasteiger charge is -2.20. The minimum absolute atomic E-state index is 0.0996. The number of aliphatic hydroxyl groups is 1. The average molecular weight is 277 g/mol. The van der Waals surface area contributed by atoms with Gasteiger partial charge in [0.1, 0.15) is 5.75 Å². The van der Waals surface area contributed by atoms with E-state index in [1.807, 2.05) is 30.3 Å². The lowest BCUT2D eigenvalue weighted by Crippen LogP contribution is -2.39. The standard InChI is InChI=1S/C16H23NO3/c1-12(20-15-8-3-2-4-9-15)16(19)17-10-13-6-5-7-14(13)11-18/h2-4,8-9,12-14,18H,5-7,10-11H2,1H3,(H,17,19). The van der Waals surface area contributed by atoms with Crippen LogP contribution in [0.4, 0.5) is 0 Å². The summed E-state index contributed by atoms with van der Waals surface area (Å²) in [5.74, 6) is 1.33. The molecule has 0 radical (unpaired) electrons. The fourth-order valence-corrected chi connectivity index (χ4v) is 2.75. The van der Waals surface area contributed by atoms with Crippen molar-refractivity contribution in [2.45, 2.75) is 32.3 Å². The van der Waals surface area contributed by atoms with Gasteiger partial charge < -0.3 is 15.2 Å². The molecule has 4 nitrogen and oxygen atoms in total. The molecular formula is C16H23NO3. The van der Waals surface area contributed by atoms with Gasteiger partial charge in [-0.25, -0.2) is 0 Å². The van der Waals surface area contributed by atoms with Crippen molar-refractivity contribution in [2.24, 2.45) is 11.8 Å². The van der Waals surface area contributed by atoms with Crippen molar-refractivity contribution in [3.63, 3.8) is 0 Å². The highest BCUT2D eigenvalue weighted by molar-refractivity contribution is 5.80. The lowest BCUT2D eigenvalue weighted by molar-refractivity contribution is -0.127. The minimum atomic E-state index is -0.508. The molecule has 1 aliphatic rings. The number of hydrogen-bond donors (Lipinski definition) is 2. The smallest absolute Gasteiger partial charge is 0.260 e. The number of hydrogen-bond acceptors (Lipinski definition) is 3. The zero-order valence-electron chi connectivity index (χ0n) is 11.9. The highest BCUT2D eigenvalue weighted by Gasteiger charge is 2.27. The van der Waals surface area contributed by atoms with Crippen LogP contribution in [0.15, 0.2) is 30.3 Å². The van der Waals surface area contributed by atoms with E-state index in [-0.39, 0.29) is 12.5 Å². The molecule has 4 heteroatoms. The molecule has 1 aromatic carbocycles. The highest BCUT2D eigenvalue weighted by Crippen LogP contribution is 2.30. The summed E-state index contributed by atoms with van der Waals surface area (Å²) in [7, 11) is 0. The summed E-state index contributed by atoms with van der Waals surface area (Å²) in [6, 6.07) is 9.34. The number of para-hydroxylation sites is 1. The SMILES string of the molecule is CC(Oc1ccccc1)C(=O)NCC1CCCC1CO. The molecule has 0 saturated heterocycles. The quantitative estimate of drug-likeness (QED) is 0.836. The Morgan fingerprint density at radius 2 is 2.05 bits per heavy atom.